The van der Waals surface area contributed by atoms with E-state index in [0.717, 1.165) is 54.3 Å². The number of halogens is 2. The van der Waals surface area contributed by atoms with Gasteiger partial charge in [-0.15, -0.1) is 12.4 Å². The second-order valence-electron chi connectivity index (χ2n) is 8.69. The van der Waals surface area contributed by atoms with Crippen molar-refractivity contribution < 1.29 is 4.79 Å². The molecule has 2 atom stereocenters. The van der Waals surface area contributed by atoms with Gasteiger partial charge < -0.3 is 15.2 Å². The van der Waals surface area contributed by atoms with E-state index in [0.29, 0.717) is 18.2 Å². The molecule has 0 radical (unpaired) electrons. The Balaban J connectivity index is 0.00000289. The Morgan fingerprint density at radius 1 is 1.12 bits per heavy atom. The minimum absolute atomic E-state index is 0. The smallest absolute Gasteiger partial charge is 0.267 e. The summed E-state index contributed by atoms with van der Waals surface area (Å²) in [6, 6.07) is 18.2. The van der Waals surface area contributed by atoms with E-state index < -0.39 is 0 Å². The van der Waals surface area contributed by atoms with Gasteiger partial charge in [-0.05, 0) is 80.4 Å². The van der Waals surface area contributed by atoms with Gasteiger partial charge in [-0.1, -0.05) is 48.9 Å². The number of nitrogens with zero attached hydrogens (tertiary/aromatic N) is 1. The predicted octanol–water partition coefficient (Wildman–Crippen LogP) is 6.27. The van der Waals surface area contributed by atoms with Crippen molar-refractivity contribution >= 4 is 40.8 Å². The molecule has 1 saturated carbocycles. The molecule has 1 aliphatic rings. The molecule has 1 amide bonds. The van der Waals surface area contributed by atoms with Crippen LogP contribution in [-0.4, -0.2) is 42.0 Å². The largest absolute Gasteiger partial charge is 0.351 e. The van der Waals surface area contributed by atoms with Crippen LogP contribution in [0, 0.1) is 5.92 Å². The summed E-state index contributed by atoms with van der Waals surface area (Å²) in [5, 5.41) is 4.96. The van der Waals surface area contributed by atoms with Crippen molar-refractivity contribution in [3.05, 3.63) is 70.9 Å². The van der Waals surface area contributed by atoms with Crippen molar-refractivity contribution in [2.75, 3.05) is 26.2 Å². The van der Waals surface area contributed by atoms with E-state index in [4.69, 9.17) is 11.6 Å². The van der Waals surface area contributed by atoms with E-state index in [1.54, 1.807) is 0 Å². The number of rotatable bonds is 11. The lowest BCUT2D eigenvalue weighted by molar-refractivity contribution is 0.0948. The van der Waals surface area contributed by atoms with Crippen molar-refractivity contribution in [1.82, 2.24) is 15.2 Å². The molecular formula is C26H33Cl2N3O. The van der Waals surface area contributed by atoms with Crippen LogP contribution in [0.2, 0.25) is 5.02 Å². The number of aromatic nitrogens is 1. The highest BCUT2D eigenvalue weighted by Gasteiger charge is 2.39. The maximum Gasteiger partial charge on any atom is 0.267 e. The Kier molecular flexibility index (Phi) is 9.03. The van der Waals surface area contributed by atoms with Gasteiger partial charge in [0.2, 0.25) is 0 Å². The summed E-state index contributed by atoms with van der Waals surface area (Å²) >= 11 is 6.16. The summed E-state index contributed by atoms with van der Waals surface area (Å²) in [4.78, 5) is 18.2. The molecule has 4 rings (SSSR count). The topological polar surface area (TPSA) is 48.1 Å². The second-order valence-corrected chi connectivity index (χ2v) is 9.13. The fourth-order valence-corrected chi connectivity index (χ4v) is 4.69. The molecule has 6 heteroatoms. The van der Waals surface area contributed by atoms with Gasteiger partial charge in [0.05, 0.1) is 0 Å². The van der Waals surface area contributed by atoms with E-state index in [-0.39, 0.29) is 18.3 Å². The van der Waals surface area contributed by atoms with E-state index >= 15 is 0 Å². The normalized spacial score (nSPS) is 17.3. The lowest BCUT2D eigenvalue weighted by Gasteiger charge is -2.22. The van der Waals surface area contributed by atoms with Crippen LogP contribution < -0.4 is 5.32 Å². The van der Waals surface area contributed by atoms with Crippen LogP contribution in [-0.2, 0) is 0 Å². The number of para-hydroxylation sites is 1. The molecule has 1 aromatic heterocycles. The van der Waals surface area contributed by atoms with Gasteiger partial charge >= 0.3 is 0 Å². The number of hydrogen-bond acceptors (Lipinski definition) is 2. The standard InChI is InChI=1S/C26H32ClN3O.ClH/c1-2-13-30(18-21-16-23(21)19-9-7-10-22(27)15-19)14-6-5-12-28-26(31)25-17-20-8-3-4-11-24(20)29-25;/h3-4,7-11,15,17,21,23,29H,2,5-6,12-14,16,18H2,1H3,(H,28,31);1H. The first-order chi connectivity index (χ1) is 15.1. The average molecular weight is 474 g/mol. The van der Waals surface area contributed by atoms with Gasteiger partial charge in [-0.2, -0.15) is 0 Å². The molecule has 0 spiro atoms. The molecule has 0 bridgehead atoms. The zero-order chi connectivity index (χ0) is 21.6. The summed E-state index contributed by atoms with van der Waals surface area (Å²) in [6.07, 6.45) is 4.53. The monoisotopic (exact) mass is 473 g/mol. The molecule has 0 aliphatic heterocycles. The highest BCUT2D eigenvalue weighted by atomic mass is 35.5. The maximum absolute atomic E-state index is 12.4. The first-order valence-electron chi connectivity index (χ1n) is 11.5. The number of H-pyrrole nitrogens is 1. The predicted molar refractivity (Wildman–Crippen MR) is 136 cm³/mol. The van der Waals surface area contributed by atoms with Crippen molar-refractivity contribution in [3.63, 3.8) is 0 Å². The zero-order valence-electron chi connectivity index (χ0n) is 18.6. The Hall–Kier alpha value is -2.01. The van der Waals surface area contributed by atoms with Gasteiger partial charge in [-0.3, -0.25) is 4.79 Å². The summed E-state index contributed by atoms with van der Waals surface area (Å²) < 4.78 is 0. The molecule has 2 unspecified atom stereocenters. The molecule has 4 nitrogen and oxygen atoms in total. The number of benzene rings is 2. The molecule has 2 aromatic carbocycles. The van der Waals surface area contributed by atoms with Crippen LogP contribution in [0.4, 0.5) is 0 Å². The molecule has 1 heterocycles. The van der Waals surface area contributed by atoms with Gasteiger partial charge in [0.1, 0.15) is 5.69 Å². The second kappa shape index (κ2) is 11.7. The third-order valence-electron chi connectivity index (χ3n) is 6.19. The van der Waals surface area contributed by atoms with Crippen LogP contribution in [0.1, 0.15) is 54.6 Å². The van der Waals surface area contributed by atoms with Crippen LogP contribution in [0.5, 0.6) is 0 Å². The van der Waals surface area contributed by atoms with Gasteiger partial charge in [0.15, 0.2) is 0 Å². The van der Waals surface area contributed by atoms with Crippen molar-refractivity contribution in [2.45, 2.75) is 38.5 Å². The Bertz CT molecular complexity index is 986. The van der Waals surface area contributed by atoms with Gasteiger partial charge in [0, 0.05) is 29.0 Å². The van der Waals surface area contributed by atoms with Crippen LogP contribution in [0.3, 0.4) is 0 Å². The number of nitrogens with one attached hydrogen (secondary N) is 2. The van der Waals surface area contributed by atoms with E-state index in [1.807, 2.05) is 36.4 Å². The van der Waals surface area contributed by atoms with E-state index in [1.165, 1.54) is 18.4 Å². The highest BCUT2D eigenvalue weighted by Crippen LogP contribution is 2.48. The number of unbranched alkanes of at least 4 members (excludes halogenated alkanes) is 1. The Labute approximate surface area is 202 Å². The van der Waals surface area contributed by atoms with E-state index in [2.05, 4.69) is 40.3 Å². The summed E-state index contributed by atoms with van der Waals surface area (Å²) in [5.41, 5.74) is 3.02. The van der Waals surface area contributed by atoms with Crippen LogP contribution in [0.25, 0.3) is 10.9 Å². The fourth-order valence-electron chi connectivity index (χ4n) is 4.49. The van der Waals surface area contributed by atoms with Crippen LogP contribution >= 0.6 is 24.0 Å². The highest BCUT2D eigenvalue weighted by molar-refractivity contribution is 6.30. The molecule has 1 fully saturated rings. The number of hydrogen-bond donors (Lipinski definition) is 2. The minimum atomic E-state index is -0.0241. The summed E-state index contributed by atoms with van der Waals surface area (Å²) in [5.74, 6) is 1.38. The van der Waals surface area contributed by atoms with Gasteiger partial charge in [-0.25, -0.2) is 0 Å². The fraction of sp³-hybridized carbons (Fsp3) is 0.423. The first kappa shape index (κ1) is 24.6. The summed E-state index contributed by atoms with van der Waals surface area (Å²) in [7, 11) is 0. The Morgan fingerprint density at radius 3 is 2.75 bits per heavy atom. The molecule has 172 valence electrons. The van der Waals surface area contributed by atoms with Crippen molar-refractivity contribution in [3.8, 4) is 0 Å². The van der Waals surface area contributed by atoms with Crippen LogP contribution in [0.15, 0.2) is 54.6 Å². The molecule has 1 aliphatic carbocycles. The quantitative estimate of drug-likeness (QED) is 0.322. The third kappa shape index (κ3) is 6.50. The third-order valence-corrected chi connectivity index (χ3v) is 6.43. The average Bonchev–Trinajstić information content (AvgIpc) is 3.39. The van der Waals surface area contributed by atoms with Crippen molar-refractivity contribution in [2.24, 2.45) is 5.92 Å². The number of carbonyl (C=O) groups excluding carboxylic acids is 1. The SMILES string of the molecule is CCCN(CCCCNC(=O)c1cc2ccccc2[nH]1)CC1CC1c1cccc(Cl)c1.Cl. The van der Waals surface area contributed by atoms with Gasteiger partial charge in [0.25, 0.3) is 5.91 Å². The van der Waals surface area contributed by atoms with Crippen molar-refractivity contribution in [1.29, 1.82) is 0 Å². The molecule has 0 saturated heterocycles. The lowest BCUT2D eigenvalue weighted by Crippen LogP contribution is -2.30. The molecular weight excluding hydrogens is 441 g/mol. The maximum atomic E-state index is 12.4. The summed E-state index contributed by atoms with van der Waals surface area (Å²) in [6.45, 7) is 6.35. The number of aromatic amines is 1. The minimum Gasteiger partial charge on any atom is -0.351 e. The molecule has 2 N–H and O–H groups in total. The Morgan fingerprint density at radius 2 is 1.97 bits per heavy atom. The molecule has 3 aromatic rings. The number of fused-ring (bicyclic) bond motifs is 1. The lowest BCUT2D eigenvalue weighted by atomic mass is 10.1. The van der Waals surface area contributed by atoms with E-state index in [9.17, 15) is 4.79 Å². The first-order valence-corrected chi connectivity index (χ1v) is 11.9. The zero-order valence-corrected chi connectivity index (χ0v) is 20.2. The number of carbonyl (C=O) groups is 1. The number of amides is 1. The molecule has 32 heavy (non-hydrogen) atoms.